The molecule has 1 aliphatic heterocycles. The number of halogens is 1. The second kappa shape index (κ2) is 6.86. The second-order valence-electron chi connectivity index (χ2n) is 6.04. The van der Waals surface area contributed by atoms with Crippen LogP contribution in [0.15, 0.2) is 24.3 Å². The first-order valence-corrected chi connectivity index (χ1v) is 7.39. The van der Waals surface area contributed by atoms with Gasteiger partial charge in [-0.05, 0) is 38.1 Å². The van der Waals surface area contributed by atoms with Gasteiger partial charge in [-0.2, -0.15) is 0 Å². The Bertz CT molecular complexity index is 644. The first-order chi connectivity index (χ1) is 11.2. The Labute approximate surface area is 138 Å². The van der Waals surface area contributed by atoms with Crippen LogP contribution in [0.3, 0.4) is 0 Å². The summed E-state index contributed by atoms with van der Waals surface area (Å²) in [5.41, 5.74) is 3.74. The number of esters is 1. The molecule has 1 fully saturated rings. The van der Waals surface area contributed by atoms with Gasteiger partial charge in [-0.15, -0.1) is 0 Å². The molecule has 0 spiro atoms. The topological polar surface area (TPSA) is 98.9 Å². The normalized spacial score (nSPS) is 17.7. The summed E-state index contributed by atoms with van der Waals surface area (Å²) in [6.45, 7) is 2.93. The molecule has 0 unspecified atom stereocenters. The van der Waals surface area contributed by atoms with E-state index in [1.54, 1.807) is 0 Å². The molecule has 1 atom stereocenters. The number of nitrogens with two attached hydrogens (primary N) is 1. The molecule has 1 aromatic rings. The minimum Gasteiger partial charge on any atom is -0.476 e. The number of likely N-dealkylation sites (tertiary alicyclic amines) is 1. The summed E-state index contributed by atoms with van der Waals surface area (Å²) in [6, 6.07) is 5.23. The Balaban J connectivity index is 1.94. The van der Waals surface area contributed by atoms with Gasteiger partial charge in [0.1, 0.15) is 17.7 Å². The van der Waals surface area contributed by atoms with E-state index in [4.69, 9.17) is 15.2 Å². The average Bonchev–Trinajstić information content (AvgIpc) is 2.80. The monoisotopic (exact) mass is 338 g/mol. The number of amides is 2. The van der Waals surface area contributed by atoms with Crippen LogP contribution in [0.25, 0.3) is 0 Å². The highest BCUT2D eigenvalue weighted by Crippen LogP contribution is 2.22. The van der Waals surface area contributed by atoms with Crippen LogP contribution >= 0.6 is 0 Å². The Hall–Kier alpha value is -2.64. The maximum Gasteiger partial charge on any atom is 0.350 e. The van der Waals surface area contributed by atoms with Crippen molar-refractivity contribution < 1.29 is 28.2 Å². The number of carbonyl (C=O) groups excluding carboxylic acids is 3. The molecule has 0 bridgehead atoms. The summed E-state index contributed by atoms with van der Waals surface area (Å²) < 4.78 is 23.7. The van der Waals surface area contributed by atoms with E-state index in [0.29, 0.717) is 5.75 Å². The van der Waals surface area contributed by atoms with Crippen LogP contribution in [0.2, 0.25) is 0 Å². The van der Waals surface area contributed by atoms with Crippen molar-refractivity contribution in [1.82, 2.24) is 4.90 Å². The number of benzene rings is 1. The fourth-order valence-corrected chi connectivity index (χ4v) is 2.29. The summed E-state index contributed by atoms with van der Waals surface area (Å²) in [5.74, 6) is -1.69. The predicted molar refractivity (Wildman–Crippen MR) is 81.4 cm³/mol. The van der Waals surface area contributed by atoms with E-state index in [-0.39, 0.29) is 25.4 Å². The molecule has 0 saturated carbocycles. The van der Waals surface area contributed by atoms with Crippen molar-refractivity contribution in [2.75, 3.05) is 13.1 Å². The SMILES string of the molecule is CC(C)(Oc1ccc(F)cc1)C(=O)O[C@@H]1CC(=O)N(CC(N)=O)C1. The lowest BCUT2D eigenvalue weighted by molar-refractivity contribution is -0.164. The number of primary amides is 1. The van der Waals surface area contributed by atoms with Gasteiger partial charge in [0.15, 0.2) is 5.60 Å². The van der Waals surface area contributed by atoms with E-state index in [9.17, 15) is 18.8 Å². The number of hydrogen-bond donors (Lipinski definition) is 1. The number of nitrogens with zero attached hydrogens (tertiary/aromatic N) is 1. The molecule has 2 rings (SSSR count). The molecule has 130 valence electrons. The summed E-state index contributed by atoms with van der Waals surface area (Å²) in [5, 5.41) is 0. The van der Waals surface area contributed by atoms with Crippen LogP contribution in [0.4, 0.5) is 4.39 Å². The van der Waals surface area contributed by atoms with Crippen molar-refractivity contribution in [1.29, 1.82) is 0 Å². The first kappa shape index (κ1) is 17.7. The number of carbonyl (C=O) groups is 3. The minimum atomic E-state index is -1.32. The highest BCUT2D eigenvalue weighted by molar-refractivity contribution is 5.86. The van der Waals surface area contributed by atoms with E-state index in [1.165, 1.54) is 43.0 Å². The molecule has 24 heavy (non-hydrogen) atoms. The third kappa shape index (κ3) is 4.43. The van der Waals surface area contributed by atoms with E-state index in [1.807, 2.05) is 0 Å². The molecule has 1 heterocycles. The molecular weight excluding hydrogens is 319 g/mol. The molecule has 2 amide bonds. The minimum absolute atomic E-state index is 0.00829. The van der Waals surface area contributed by atoms with E-state index in [0.717, 1.165) is 0 Å². The summed E-state index contributed by atoms with van der Waals surface area (Å²) in [4.78, 5) is 36.2. The van der Waals surface area contributed by atoms with Crippen LogP contribution in [0, 0.1) is 5.82 Å². The Kier molecular flexibility index (Phi) is 5.06. The van der Waals surface area contributed by atoms with Gasteiger partial charge in [0.25, 0.3) is 0 Å². The zero-order valence-electron chi connectivity index (χ0n) is 13.5. The van der Waals surface area contributed by atoms with Crippen molar-refractivity contribution >= 4 is 17.8 Å². The Morgan fingerprint density at radius 2 is 1.96 bits per heavy atom. The van der Waals surface area contributed by atoms with E-state index >= 15 is 0 Å². The number of rotatable bonds is 6. The van der Waals surface area contributed by atoms with E-state index < -0.39 is 29.4 Å². The third-order valence-electron chi connectivity index (χ3n) is 3.48. The van der Waals surface area contributed by atoms with Gasteiger partial charge < -0.3 is 20.1 Å². The lowest BCUT2D eigenvalue weighted by Gasteiger charge is -2.26. The van der Waals surface area contributed by atoms with Crippen molar-refractivity contribution in [3.63, 3.8) is 0 Å². The van der Waals surface area contributed by atoms with Gasteiger partial charge in [-0.3, -0.25) is 9.59 Å². The molecule has 0 aliphatic carbocycles. The van der Waals surface area contributed by atoms with Crippen LogP contribution < -0.4 is 10.5 Å². The summed E-state index contributed by atoms with van der Waals surface area (Å²) in [6.07, 6.45) is -0.675. The Morgan fingerprint density at radius 1 is 1.33 bits per heavy atom. The zero-order valence-corrected chi connectivity index (χ0v) is 13.5. The third-order valence-corrected chi connectivity index (χ3v) is 3.48. The van der Waals surface area contributed by atoms with Gasteiger partial charge in [-0.1, -0.05) is 0 Å². The maximum atomic E-state index is 12.9. The Morgan fingerprint density at radius 3 is 2.54 bits per heavy atom. The summed E-state index contributed by atoms with van der Waals surface area (Å²) >= 11 is 0. The van der Waals surface area contributed by atoms with Gasteiger partial charge >= 0.3 is 5.97 Å². The lowest BCUT2D eigenvalue weighted by Crippen LogP contribution is -2.42. The predicted octanol–water partition coefficient (Wildman–Crippen LogP) is 0.612. The fourth-order valence-electron chi connectivity index (χ4n) is 2.29. The molecule has 2 N–H and O–H groups in total. The lowest BCUT2D eigenvalue weighted by atomic mass is 10.1. The number of hydrogen-bond acceptors (Lipinski definition) is 5. The molecule has 0 radical (unpaired) electrons. The zero-order chi connectivity index (χ0) is 17.9. The van der Waals surface area contributed by atoms with Crippen molar-refractivity contribution in [3.8, 4) is 5.75 Å². The molecular formula is C16H19FN2O5. The van der Waals surface area contributed by atoms with Crippen molar-refractivity contribution in [2.45, 2.75) is 32.0 Å². The average molecular weight is 338 g/mol. The van der Waals surface area contributed by atoms with Crippen LogP contribution in [-0.2, 0) is 19.1 Å². The van der Waals surface area contributed by atoms with Gasteiger partial charge in [0.2, 0.25) is 11.8 Å². The van der Waals surface area contributed by atoms with Gasteiger partial charge in [-0.25, -0.2) is 9.18 Å². The first-order valence-electron chi connectivity index (χ1n) is 7.39. The van der Waals surface area contributed by atoms with E-state index in [2.05, 4.69) is 0 Å². The second-order valence-corrected chi connectivity index (χ2v) is 6.04. The molecule has 0 aromatic heterocycles. The van der Waals surface area contributed by atoms with Crippen molar-refractivity contribution in [2.24, 2.45) is 5.73 Å². The standard InChI is InChI=1S/C16H19FN2O5/c1-16(2,24-11-5-3-10(17)4-6-11)15(22)23-12-7-14(21)19(8-12)9-13(18)20/h3-6,12H,7-9H2,1-2H3,(H2,18,20)/t12-/m1/s1. The molecule has 1 aliphatic rings. The maximum absolute atomic E-state index is 12.9. The quantitative estimate of drug-likeness (QED) is 0.766. The van der Waals surface area contributed by atoms with Crippen LogP contribution in [0.5, 0.6) is 5.75 Å². The highest BCUT2D eigenvalue weighted by atomic mass is 19.1. The van der Waals surface area contributed by atoms with Crippen LogP contribution in [0.1, 0.15) is 20.3 Å². The van der Waals surface area contributed by atoms with Gasteiger partial charge in [0.05, 0.1) is 19.5 Å². The van der Waals surface area contributed by atoms with Crippen molar-refractivity contribution in [3.05, 3.63) is 30.1 Å². The van der Waals surface area contributed by atoms with Crippen LogP contribution in [-0.4, -0.2) is 47.5 Å². The largest absolute Gasteiger partial charge is 0.476 e. The highest BCUT2D eigenvalue weighted by Gasteiger charge is 2.38. The van der Waals surface area contributed by atoms with Gasteiger partial charge in [0, 0.05) is 0 Å². The fraction of sp³-hybridized carbons (Fsp3) is 0.438. The smallest absolute Gasteiger partial charge is 0.350 e. The molecule has 8 heteroatoms. The number of ether oxygens (including phenoxy) is 2. The molecule has 7 nitrogen and oxygen atoms in total. The summed E-state index contributed by atoms with van der Waals surface area (Å²) in [7, 11) is 0. The molecule has 1 aromatic carbocycles. The molecule has 1 saturated heterocycles.